The smallest absolute Gasteiger partial charge is 0.257 e. The monoisotopic (exact) mass is 512 g/mol. The molecule has 0 unspecified atom stereocenters. The van der Waals surface area contributed by atoms with E-state index in [1.54, 1.807) is 48.4 Å². The van der Waals surface area contributed by atoms with E-state index < -0.39 is 0 Å². The lowest BCUT2D eigenvalue weighted by Crippen LogP contribution is -2.49. The van der Waals surface area contributed by atoms with E-state index in [0.717, 1.165) is 0 Å². The second-order valence-corrected chi connectivity index (χ2v) is 9.33. The topological polar surface area (TPSA) is 110 Å². The van der Waals surface area contributed by atoms with E-state index in [0.29, 0.717) is 35.8 Å². The fraction of sp³-hybridized carbons (Fsp3) is 0.481. The van der Waals surface area contributed by atoms with E-state index in [2.05, 4.69) is 10.3 Å². The molecule has 1 N–H and O–H groups in total. The largest absolute Gasteiger partial charge is 0.491 e. The number of pyridine rings is 1. The highest BCUT2D eigenvalue weighted by Crippen LogP contribution is 2.26. The van der Waals surface area contributed by atoms with Gasteiger partial charge in [-0.2, -0.15) is 0 Å². The Kier molecular flexibility index (Phi) is 9.99. The maximum atomic E-state index is 13.4. The number of hydrogen-bond acceptors (Lipinski definition) is 7. The number of fused-ring (bicyclic) bond motifs is 1. The van der Waals surface area contributed by atoms with Crippen molar-refractivity contribution in [2.75, 3.05) is 52.9 Å². The van der Waals surface area contributed by atoms with Crippen LogP contribution in [0, 0.1) is 5.92 Å². The zero-order chi connectivity index (χ0) is 26.9. The zero-order valence-electron chi connectivity index (χ0n) is 22.1. The van der Waals surface area contributed by atoms with Gasteiger partial charge in [0.1, 0.15) is 19.0 Å². The number of nitrogens with one attached hydrogen (secondary N) is 1. The fourth-order valence-electron chi connectivity index (χ4n) is 4.29. The normalized spacial score (nSPS) is 20.8. The number of nitrogens with zero attached hydrogens (tertiary/aromatic N) is 3. The van der Waals surface area contributed by atoms with Gasteiger partial charge < -0.3 is 29.3 Å². The van der Waals surface area contributed by atoms with Crippen molar-refractivity contribution in [1.29, 1.82) is 0 Å². The summed E-state index contributed by atoms with van der Waals surface area (Å²) in [6.45, 7) is 4.75. The van der Waals surface area contributed by atoms with Crippen molar-refractivity contribution in [2.45, 2.75) is 32.4 Å². The van der Waals surface area contributed by atoms with Crippen molar-refractivity contribution >= 4 is 23.4 Å². The van der Waals surface area contributed by atoms with Crippen LogP contribution in [0.25, 0.3) is 0 Å². The first-order valence-electron chi connectivity index (χ1n) is 12.3. The minimum absolute atomic E-state index is 0.0607. The minimum Gasteiger partial charge on any atom is -0.491 e. The summed E-state index contributed by atoms with van der Waals surface area (Å²) in [7, 11) is 4.73. The van der Waals surface area contributed by atoms with Crippen LogP contribution in [0.5, 0.6) is 5.75 Å². The highest BCUT2D eigenvalue weighted by atomic mass is 16.5. The van der Waals surface area contributed by atoms with Crippen LogP contribution < -0.4 is 10.1 Å². The molecule has 3 rings (SSSR count). The molecule has 1 aromatic carbocycles. The second-order valence-electron chi connectivity index (χ2n) is 9.33. The summed E-state index contributed by atoms with van der Waals surface area (Å²) in [6, 6.07) is 10.1. The summed E-state index contributed by atoms with van der Waals surface area (Å²) >= 11 is 0. The second kappa shape index (κ2) is 13.2. The molecule has 0 saturated heterocycles. The van der Waals surface area contributed by atoms with E-state index in [4.69, 9.17) is 14.2 Å². The van der Waals surface area contributed by atoms with Crippen LogP contribution >= 0.6 is 0 Å². The number of likely N-dealkylation sites (N-methyl/N-ethyl adjacent to an activating group) is 1. The van der Waals surface area contributed by atoms with E-state index in [9.17, 15) is 14.4 Å². The van der Waals surface area contributed by atoms with Gasteiger partial charge in [-0.1, -0.05) is 13.0 Å². The number of carbonyl (C=O) groups is 3. The van der Waals surface area contributed by atoms with Gasteiger partial charge in [-0.25, -0.2) is 0 Å². The standard InChI is InChI=1S/C27H36N4O6/c1-18-14-31(26(33)13-20-8-6-7-11-28-20)19(2)16-37-23-10-9-21(29-25(32)17-35-4)12-22(23)27(34)30(3)15-24(18)36-5/h6-12,18-19,24H,13-17H2,1-5H3,(H,29,32)/t18-,19+,24-/m0/s1. The third-order valence-electron chi connectivity index (χ3n) is 6.38. The number of amides is 3. The Morgan fingerprint density at radius 1 is 1.16 bits per heavy atom. The third-order valence-corrected chi connectivity index (χ3v) is 6.38. The predicted octanol–water partition coefficient (Wildman–Crippen LogP) is 2.24. The lowest BCUT2D eigenvalue weighted by molar-refractivity contribution is -0.134. The molecule has 1 aliphatic rings. The van der Waals surface area contributed by atoms with Crippen molar-refractivity contribution in [2.24, 2.45) is 5.92 Å². The van der Waals surface area contributed by atoms with Crippen LogP contribution in [0.1, 0.15) is 29.9 Å². The van der Waals surface area contributed by atoms with Crippen molar-refractivity contribution in [1.82, 2.24) is 14.8 Å². The molecule has 3 atom stereocenters. The van der Waals surface area contributed by atoms with Gasteiger partial charge >= 0.3 is 0 Å². The first kappa shape index (κ1) is 28.1. The first-order valence-corrected chi connectivity index (χ1v) is 12.3. The number of aromatic nitrogens is 1. The average Bonchev–Trinajstić information content (AvgIpc) is 2.88. The molecule has 0 bridgehead atoms. The van der Waals surface area contributed by atoms with Gasteiger partial charge in [0, 0.05) is 57.9 Å². The van der Waals surface area contributed by atoms with Gasteiger partial charge in [0.15, 0.2) is 0 Å². The Labute approximate surface area is 217 Å². The molecule has 1 aliphatic heterocycles. The fourth-order valence-corrected chi connectivity index (χ4v) is 4.29. The molecule has 0 radical (unpaired) electrons. The molecule has 1 aromatic heterocycles. The molecular formula is C27H36N4O6. The van der Waals surface area contributed by atoms with E-state index in [1.165, 1.54) is 7.11 Å². The summed E-state index contributed by atoms with van der Waals surface area (Å²) < 4.78 is 16.7. The maximum absolute atomic E-state index is 13.4. The molecule has 2 aromatic rings. The summed E-state index contributed by atoms with van der Waals surface area (Å²) in [5, 5.41) is 2.72. The van der Waals surface area contributed by atoms with Gasteiger partial charge in [-0.05, 0) is 37.3 Å². The first-order chi connectivity index (χ1) is 17.7. The van der Waals surface area contributed by atoms with Gasteiger partial charge in [0.05, 0.1) is 24.1 Å². The molecule has 2 heterocycles. The molecule has 0 spiro atoms. The Bertz CT molecular complexity index is 1080. The van der Waals surface area contributed by atoms with E-state index in [1.807, 2.05) is 32.0 Å². The Balaban J connectivity index is 1.92. The number of hydrogen-bond donors (Lipinski definition) is 1. The molecular weight excluding hydrogens is 476 g/mol. The molecule has 0 saturated carbocycles. The average molecular weight is 513 g/mol. The van der Waals surface area contributed by atoms with Crippen LogP contribution in [-0.2, 0) is 25.5 Å². The van der Waals surface area contributed by atoms with Gasteiger partial charge in [-0.3, -0.25) is 19.4 Å². The Morgan fingerprint density at radius 3 is 2.62 bits per heavy atom. The number of carbonyl (C=O) groups excluding carboxylic acids is 3. The number of anilines is 1. The van der Waals surface area contributed by atoms with Crippen LogP contribution in [0.15, 0.2) is 42.6 Å². The zero-order valence-corrected chi connectivity index (χ0v) is 22.1. The number of methoxy groups -OCH3 is 2. The summed E-state index contributed by atoms with van der Waals surface area (Å²) in [6.07, 6.45) is 1.54. The van der Waals surface area contributed by atoms with Crippen molar-refractivity contribution in [3.8, 4) is 5.75 Å². The van der Waals surface area contributed by atoms with Crippen molar-refractivity contribution < 1.29 is 28.6 Å². The Morgan fingerprint density at radius 2 is 1.95 bits per heavy atom. The molecule has 0 aliphatic carbocycles. The Hall–Kier alpha value is -3.50. The lowest BCUT2D eigenvalue weighted by atomic mass is 10.0. The maximum Gasteiger partial charge on any atom is 0.257 e. The van der Waals surface area contributed by atoms with Crippen LogP contribution in [-0.4, -0.2) is 92.2 Å². The number of benzene rings is 1. The van der Waals surface area contributed by atoms with Gasteiger partial charge in [0.25, 0.3) is 5.91 Å². The summed E-state index contributed by atoms with van der Waals surface area (Å²) in [5.41, 5.74) is 1.45. The molecule has 200 valence electrons. The molecule has 37 heavy (non-hydrogen) atoms. The highest BCUT2D eigenvalue weighted by Gasteiger charge is 2.30. The molecule has 10 nitrogen and oxygen atoms in total. The van der Waals surface area contributed by atoms with Crippen LogP contribution in [0.2, 0.25) is 0 Å². The molecule has 0 fully saturated rings. The van der Waals surface area contributed by atoms with Crippen molar-refractivity contribution in [3.05, 3.63) is 53.9 Å². The van der Waals surface area contributed by atoms with Gasteiger partial charge in [0.2, 0.25) is 11.8 Å². The van der Waals surface area contributed by atoms with Gasteiger partial charge in [-0.15, -0.1) is 0 Å². The number of rotatable bonds is 6. The van der Waals surface area contributed by atoms with Crippen LogP contribution in [0.4, 0.5) is 5.69 Å². The molecule has 3 amide bonds. The van der Waals surface area contributed by atoms with E-state index in [-0.39, 0.29) is 55.4 Å². The minimum atomic E-state index is -0.332. The van der Waals surface area contributed by atoms with Crippen molar-refractivity contribution in [3.63, 3.8) is 0 Å². The SMILES string of the molecule is COCC(=O)Nc1ccc2c(c1)C(=O)N(C)C[C@H](OC)[C@@H](C)CN(C(=O)Cc1ccccn1)[C@H](C)CO2. The third kappa shape index (κ3) is 7.50. The lowest BCUT2D eigenvalue weighted by Gasteiger charge is -2.36. The predicted molar refractivity (Wildman–Crippen MR) is 138 cm³/mol. The quantitative estimate of drug-likeness (QED) is 0.632. The number of ether oxygens (including phenoxy) is 3. The summed E-state index contributed by atoms with van der Waals surface area (Å²) in [4.78, 5) is 46.5. The highest BCUT2D eigenvalue weighted by molar-refractivity contribution is 5.99. The van der Waals surface area contributed by atoms with Crippen LogP contribution in [0.3, 0.4) is 0 Å². The molecule has 10 heteroatoms. The summed E-state index contributed by atoms with van der Waals surface area (Å²) in [5.74, 6) is -0.346. The van der Waals surface area contributed by atoms with E-state index >= 15 is 0 Å².